The molecule has 3 amide bonds. The van der Waals surface area contributed by atoms with Crippen LogP contribution in [0.4, 0.5) is 9.59 Å². The van der Waals surface area contributed by atoms with Crippen molar-refractivity contribution in [2.45, 2.75) is 56.8 Å². The number of rotatable bonds is 10. The van der Waals surface area contributed by atoms with Gasteiger partial charge in [-0.05, 0) is 56.2 Å². The van der Waals surface area contributed by atoms with Gasteiger partial charge in [-0.3, -0.25) is 0 Å². The number of ether oxygens (including phenoxy) is 2. The smallest absolute Gasteiger partial charge is 0.407 e. The number of hydrogen-bond acceptors (Lipinski definition) is 5. The van der Waals surface area contributed by atoms with Crippen molar-refractivity contribution in [3.8, 4) is 0 Å². The largest absolute Gasteiger partial charge is 0.465 e. The lowest BCUT2D eigenvalue weighted by molar-refractivity contribution is -0.0159. The van der Waals surface area contributed by atoms with Crippen LogP contribution in [-0.4, -0.2) is 85.6 Å². The number of piperidine rings is 1. The predicted molar refractivity (Wildman–Crippen MR) is 135 cm³/mol. The summed E-state index contributed by atoms with van der Waals surface area (Å²) in [5.74, 6) is 0.0566. The molecular weight excluding hydrogens is 472 g/mol. The first-order chi connectivity index (χ1) is 16.9. The molecule has 9 nitrogen and oxygen atoms in total. The number of likely N-dealkylation sites (tertiary alicyclic amines) is 1. The van der Waals surface area contributed by atoms with Gasteiger partial charge in [0.05, 0.1) is 18.8 Å². The van der Waals surface area contributed by atoms with Gasteiger partial charge in [0.25, 0.3) is 0 Å². The third-order valence-corrected chi connectivity index (χ3v) is 7.07. The maximum absolute atomic E-state index is 13.1. The molecule has 0 radical (unpaired) electrons. The first-order valence-electron chi connectivity index (χ1n) is 12.6. The van der Waals surface area contributed by atoms with Crippen LogP contribution in [0.15, 0.2) is 24.3 Å². The minimum atomic E-state index is -0.999. The minimum Gasteiger partial charge on any atom is -0.465 e. The number of nitrogens with zero attached hydrogens (tertiary/aromatic N) is 2. The second-order valence-electron chi connectivity index (χ2n) is 9.51. The molecule has 0 bridgehead atoms. The fraction of sp³-hybridized carbons (Fsp3) is 0.680. The van der Waals surface area contributed by atoms with E-state index in [1.165, 1.54) is 11.9 Å². The van der Waals surface area contributed by atoms with Crippen LogP contribution < -0.4 is 11.1 Å². The van der Waals surface area contributed by atoms with E-state index in [9.17, 15) is 9.59 Å². The average Bonchev–Trinajstić information content (AvgIpc) is 2.86. The molecular formula is C25H39ClN4O5. The quantitative estimate of drug-likeness (QED) is 0.441. The molecule has 35 heavy (non-hydrogen) atoms. The topological polar surface area (TPSA) is 117 Å². The minimum absolute atomic E-state index is 0.0566. The van der Waals surface area contributed by atoms with Crippen molar-refractivity contribution < 1.29 is 24.2 Å². The fourth-order valence-corrected chi connectivity index (χ4v) is 5.03. The van der Waals surface area contributed by atoms with E-state index in [1.807, 2.05) is 29.2 Å². The third kappa shape index (κ3) is 8.52. The van der Waals surface area contributed by atoms with E-state index in [1.54, 1.807) is 0 Å². The molecule has 0 aliphatic carbocycles. The summed E-state index contributed by atoms with van der Waals surface area (Å²) in [5.41, 5.74) is 6.89. The van der Waals surface area contributed by atoms with Gasteiger partial charge in [-0.2, -0.15) is 0 Å². The molecule has 2 aliphatic heterocycles. The Morgan fingerprint density at radius 1 is 1.34 bits per heavy atom. The van der Waals surface area contributed by atoms with Crippen molar-refractivity contribution in [3.63, 3.8) is 0 Å². The number of hydrogen-bond donors (Lipinski definition) is 3. The van der Waals surface area contributed by atoms with Gasteiger partial charge in [0.2, 0.25) is 0 Å². The van der Waals surface area contributed by atoms with Crippen molar-refractivity contribution in [2.24, 2.45) is 11.7 Å². The Bertz CT molecular complexity index is 823. The Labute approximate surface area is 212 Å². The van der Waals surface area contributed by atoms with Crippen LogP contribution in [0.3, 0.4) is 0 Å². The van der Waals surface area contributed by atoms with Crippen molar-refractivity contribution >= 4 is 23.7 Å². The van der Waals surface area contributed by atoms with E-state index in [4.69, 9.17) is 31.9 Å². The highest BCUT2D eigenvalue weighted by molar-refractivity contribution is 6.30. The first-order valence-corrected chi connectivity index (χ1v) is 12.9. The van der Waals surface area contributed by atoms with E-state index >= 15 is 0 Å². The summed E-state index contributed by atoms with van der Waals surface area (Å²) in [6.07, 6.45) is 4.58. The lowest BCUT2D eigenvalue weighted by Crippen LogP contribution is -2.52. The lowest BCUT2D eigenvalue weighted by atomic mass is 9.88. The highest BCUT2D eigenvalue weighted by Crippen LogP contribution is 2.34. The monoisotopic (exact) mass is 510 g/mol. The summed E-state index contributed by atoms with van der Waals surface area (Å²) in [6.45, 7) is 2.85. The fourth-order valence-electron chi connectivity index (χ4n) is 4.83. The van der Waals surface area contributed by atoms with Crippen molar-refractivity contribution in [2.75, 3.05) is 46.4 Å². The number of likely N-dealkylation sites (N-methyl/N-ethyl adjacent to an activating group) is 1. The molecule has 2 heterocycles. The van der Waals surface area contributed by atoms with Crippen LogP contribution in [0.5, 0.6) is 0 Å². The van der Waals surface area contributed by atoms with Gasteiger partial charge in [-0.25, -0.2) is 9.59 Å². The van der Waals surface area contributed by atoms with E-state index in [0.29, 0.717) is 24.7 Å². The number of urea groups is 1. The third-order valence-electron chi connectivity index (χ3n) is 6.83. The molecule has 4 atom stereocenters. The predicted octanol–water partition coefficient (Wildman–Crippen LogP) is 3.72. The Hall–Kier alpha value is -2.07. The standard InChI is InChI=1S/C25H39ClN4O5/c1-29(25(32)33)11-13-35-23(18-6-4-8-20(26)14-18)19-7-5-10-30(17-19)24(31)28-21(16-27)15-22-9-2-3-12-34-22/h4,6,8,14,19,21-23H,2-3,5,7,9-13,15-17,27H2,1H3,(H,28,31)(H,32,33)/t19-,21+,22?,23+/m1/s1. The number of amides is 3. The summed E-state index contributed by atoms with van der Waals surface area (Å²) in [6, 6.07) is 7.29. The van der Waals surface area contributed by atoms with E-state index < -0.39 is 6.09 Å². The molecule has 1 unspecified atom stereocenters. The molecule has 1 aromatic carbocycles. The molecule has 2 aliphatic rings. The van der Waals surface area contributed by atoms with Crippen LogP contribution in [0.2, 0.25) is 5.02 Å². The van der Waals surface area contributed by atoms with E-state index in [0.717, 1.165) is 50.7 Å². The number of carbonyl (C=O) groups excluding carboxylic acids is 1. The van der Waals surface area contributed by atoms with E-state index in [-0.39, 0.29) is 43.4 Å². The number of halogens is 1. The van der Waals surface area contributed by atoms with Gasteiger partial charge in [-0.1, -0.05) is 23.7 Å². The molecule has 3 rings (SSSR count). The van der Waals surface area contributed by atoms with Gasteiger partial charge < -0.3 is 35.4 Å². The van der Waals surface area contributed by atoms with Gasteiger partial charge in [0.15, 0.2) is 0 Å². The van der Waals surface area contributed by atoms with Crippen LogP contribution in [0.1, 0.15) is 50.2 Å². The average molecular weight is 511 g/mol. The van der Waals surface area contributed by atoms with Gasteiger partial charge in [0.1, 0.15) is 0 Å². The second kappa shape index (κ2) is 13.9. The number of nitrogens with one attached hydrogen (secondary N) is 1. The van der Waals surface area contributed by atoms with E-state index in [2.05, 4.69) is 5.32 Å². The summed E-state index contributed by atoms with van der Waals surface area (Å²) in [7, 11) is 1.51. The maximum atomic E-state index is 13.1. The highest BCUT2D eigenvalue weighted by Gasteiger charge is 2.32. The zero-order valence-corrected chi connectivity index (χ0v) is 21.3. The van der Waals surface area contributed by atoms with Crippen LogP contribution >= 0.6 is 11.6 Å². The lowest BCUT2D eigenvalue weighted by Gasteiger charge is -2.38. The van der Waals surface area contributed by atoms with Crippen molar-refractivity contribution in [3.05, 3.63) is 34.9 Å². The number of benzene rings is 1. The SMILES string of the molecule is CN(CCO[C@@H](c1cccc(Cl)c1)[C@@H]1CCCN(C(=O)N[C@H](CN)CC2CCCCO2)C1)C(=O)O. The zero-order chi connectivity index (χ0) is 25.2. The maximum Gasteiger partial charge on any atom is 0.407 e. The number of nitrogens with two attached hydrogens (primary N) is 1. The Morgan fingerprint density at radius 3 is 2.86 bits per heavy atom. The van der Waals surface area contributed by atoms with Crippen LogP contribution in [-0.2, 0) is 9.47 Å². The van der Waals surface area contributed by atoms with Gasteiger partial charge in [-0.15, -0.1) is 0 Å². The zero-order valence-electron chi connectivity index (χ0n) is 20.5. The molecule has 1 aromatic rings. The summed E-state index contributed by atoms with van der Waals surface area (Å²) < 4.78 is 12.0. The van der Waals surface area contributed by atoms with Crippen molar-refractivity contribution in [1.82, 2.24) is 15.1 Å². The van der Waals surface area contributed by atoms with Crippen LogP contribution in [0, 0.1) is 5.92 Å². The molecule has 2 saturated heterocycles. The number of carboxylic acid groups (broad SMARTS) is 1. The molecule has 196 valence electrons. The Kier molecular flexibility index (Phi) is 10.9. The highest BCUT2D eigenvalue weighted by atomic mass is 35.5. The molecule has 4 N–H and O–H groups in total. The molecule has 0 aromatic heterocycles. The number of carbonyl (C=O) groups is 2. The second-order valence-corrected chi connectivity index (χ2v) is 9.94. The summed E-state index contributed by atoms with van der Waals surface area (Å²) >= 11 is 6.25. The summed E-state index contributed by atoms with van der Waals surface area (Å²) in [4.78, 5) is 27.3. The molecule has 10 heteroatoms. The Morgan fingerprint density at radius 2 is 2.17 bits per heavy atom. The normalized spacial score (nSPS) is 22.3. The van der Waals surface area contributed by atoms with Crippen molar-refractivity contribution in [1.29, 1.82) is 0 Å². The van der Waals surface area contributed by atoms with Crippen LogP contribution in [0.25, 0.3) is 0 Å². The molecule has 2 fully saturated rings. The molecule has 0 spiro atoms. The van der Waals surface area contributed by atoms with Gasteiger partial charge in [0, 0.05) is 56.8 Å². The summed E-state index contributed by atoms with van der Waals surface area (Å²) in [5, 5.41) is 12.8. The Balaban J connectivity index is 1.62. The molecule has 0 saturated carbocycles. The first kappa shape index (κ1) is 27.5. The van der Waals surface area contributed by atoms with Gasteiger partial charge >= 0.3 is 12.1 Å².